The smallest absolute Gasteiger partial charge is 0.160 e. The van der Waals surface area contributed by atoms with Crippen LogP contribution in [0.25, 0.3) is 0 Å². The van der Waals surface area contributed by atoms with Crippen molar-refractivity contribution in [3.8, 4) is 0 Å². The van der Waals surface area contributed by atoms with Gasteiger partial charge in [0.2, 0.25) is 0 Å². The molecule has 0 aliphatic carbocycles. The molecular weight excluding hydrogens is 335 g/mol. The van der Waals surface area contributed by atoms with Crippen molar-refractivity contribution in [1.29, 1.82) is 0 Å². The minimum atomic E-state index is -1.91. The molecule has 0 radical (unpaired) electrons. The fraction of sp³-hybridized carbons (Fsp3) is 0.312. The van der Waals surface area contributed by atoms with Gasteiger partial charge in [0.05, 0.1) is 18.5 Å². The van der Waals surface area contributed by atoms with E-state index in [2.05, 4.69) is 20.4 Å². The van der Waals surface area contributed by atoms with Gasteiger partial charge in [0.15, 0.2) is 5.83 Å². The van der Waals surface area contributed by atoms with Crippen LogP contribution >= 0.6 is 0 Å². The van der Waals surface area contributed by atoms with E-state index in [4.69, 9.17) is 0 Å². The van der Waals surface area contributed by atoms with Gasteiger partial charge in [-0.15, -0.1) is 0 Å². The molecule has 0 saturated carbocycles. The number of benzene rings is 1. The van der Waals surface area contributed by atoms with E-state index in [1.807, 2.05) is 0 Å². The van der Waals surface area contributed by atoms with Gasteiger partial charge in [0.1, 0.15) is 36.6 Å². The molecule has 6 nitrogen and oxygen atoms in total. The maximum Gasteiger partial charge on any atom is 0.160 e. The number of nitrogens with zero attached hydrogens (tertiary/aromatic N) is 4. The summed E-state index contributed by atoms with van der Waals surface area (Å²) in [5.41, 5.74) is -1.99. The molecule has 1 aromatic heterocycles. The number of aliphatic hydroxyl groups is 1. The van der Waals surface area contributed by atoms with Crippen molar-refractivity contribution < 1.29 is 18.3 Å². The van der Waals surface area contributed by atoms with Crippen LogP contribution in [-0.4, -0.2) is 32.8 Å². The highest BCUT2D eigenvalue weighted by molar-refractivity contribution is 5.77. The summed E-state index contributed by atoms with van der Waals surface area (Å²) in [5, 5.41) is 18.0. The van der Waals surface area contributed by atoms with Crippen molar-refractivity contribution >= 4 is 6.21 Å². The number of nitrogens with one attached hydrogen (secondary N) is 1. The summed E-state index contributed by atoms with van der Waals surface area (Å²) in [4.78, 5) is 7.54. The first-order valence-electron chi connectivity index (χ1n) is 7.55. The number of rotatable bonds is 5. The molecule has 2 atom stereocenters. The Bertz CT molecular complexity index is 821. The first-order chi connectivity index (χ1) is 11.9. The van der Waals surface area contributed by atoms with Crippen LogP contribution in [0, 0.1) is 17.6 Å². The molecule has 0 fully saturated rings. The third-order valence-electron chi connectivity index (χ3n) is 4.24. The van der Waals surface area contributed by atoms with Crippen molar-refractivity contribution in [2.45, 2.75) is 19.1 Å². The normalized spacial score (nSPS) is 18.0. The van der Waals surface area contributed by atoms with Crippen LogP contribution in [0.4, 0.5) is 13.2 Å². The highest BCUT2D eigenvalue weighted by Gasteiger charge is 2.42. The van der Waals surface area contributed by atoms with Gasteiger partial charge in [-0.2, -0.15) is 5.10 Å². The molecule has 9 heteroatoms. The van der Waals surface area contributed by atoms with Crippen LogP contribution in [0.1, 0.15) is 12.5 Å². The first kappa shape index (κ1) is 17.2. The van der Waals surface area contributed by atoms with Crippen LogP contribution < -0.4 is 5.32 Å². The minimum absolute atomic E-state index is 0.0846. The number of aliphatic imine (C=N–C) groups is 1. The van der Waals surface area contributed by atoms with Crippen molar-refractivity contribution in [3.05, 3.63) is 59.6 Å². The van der Waals surface area contributed by atoms with E-state index in [1.54, 1.807) is 6.92 Å². The van der Waals surface area contributed by atoms with Crippen molar-refractivity contribution in [2.24, 2.45) is 10.9 Å². The van der Waals surface area contributed by atoms with Crippen LogP contribution in [-0.2, 0) is 12.1 Å². The van der Waals surface area contributed by atoms with Crippen molar-refractivity contribution in [2.75, 3.05) is 6.67 Å². The Balaban J connectivity index is 2.09. The van der Waals surface area contributed by atoms with Gasteiger partial charge in [-0.1, -0.05) is 13.0 Å². The Morgan fingerprint density at radius 2 is 2.16 bits per heavy atom. The lowest BCUT2D eigenvalue weighted by molar-refractivity contribution is -0.0289. The maximum atomic E-state index is 14.4. The summed E-state index contributed by atoms with van der Waals surface area (Å²) < 4.78 is 43.1. The van der Waals surface area contributed by atoms with E-state index >= 15 is 0 Å². The molecule has 0 spiro atoms. The van der Waals surface area contributed by atoms with Crippen LogP contribution in [0.2, 0.25) is 0 Å². The number of aromatic nitrogens is 3. The monoisotopic (exact) mass is 351 g/mol. The number of allylic oxidation sites excluding steroid dienone is 1. The fourth-order valence-electron chi connectivity index (χ4n) is 2.87. The van der Waals surface area contributed by atoms with Gasteiger partial charge in [0, 0.05) is 17.5 Å². The highest BCUT2D eigenvalue weighted by Crippen LogP contribution is 2.38. The van der Waals surface area contributed by atoms with Crippen molar-refractivity contribution in [3.63, 3.8) is 0 Å². The zero-order valence-electron chi connectivity index (χ0n) is 13.3. The second kappa shape index (κ2) is 6.67. The average Bonchev–Trinajstić information content (AvgIpc) is 3.07. The summed E-state index contributed by atoms with van der Waals surface area (Å²) in [6.45, 7) is 1.48. The van der Waals surface area contributed by atoms with Gasteiger partial charge in [-0.05, 0) is 6.07 Å². The maximum absolute atomic E-state index is 14.4. The summed E-state index contributed by atoms with van der Waals surface area (Å²) in [6, 6.07) is 2.86. The van der Waals surface area contributed by atoms with Gasteiger partial charge in [-0.25, -0.2) is 22.8 Å². The summed E-state index contributed by atoms with van der Waals surface area (Å²) in [7, 11) is 0. The molecule has 1 aliphatic rings. The minimum Gasteiger partial charge on any atom is -0.382 e. The Labute approximate surface area is 141 Å². The zero-order valence-corrected chi connectivity index (χ0v) is 13.3. The van der Waals surface area contributed by atoms with E-state index in [0.717, 1.165) is 18.3 Å². The third-order valence-corrected chi connectivity index (χ3v) is 4.24. The molecular formula is C16H16F3N5O. The van der Waals surface area contributed by atoms with E-state index in [9.17, 15) is 18.3 Å². The fourth-order valence-corrected chi connectivity index (χ4v) is 2.87. The molecule has 1 aliphatic heterocycles. The van der Waals surface area contributed by atoms with Gasteiger partial charge in [-0.3, -0.25) is 4.99 Å². The van der Waals surface area contributed by atoms with E-state index in [-0.39, 0.29) is 24.5 Å². The van der Waals surface area contributed by atoms with Gasteiger partial charge >= 0.3 is 0 Å². The van der Waals surface area contributed by atoms with Crippen molar-refractivity contribution in [1.82, 2.24) is 20.1 Å². The molecule has 25 heavy (non-hydrogen) atoms. The molecule has 132 valence electrons. The largest absolute Gasteiger partial charge is 0.382 e. The topological polar surface area (TPSA) is 75.3 Å². The summed E-state index contributed by atoms with van der Waals surface area (Å²) >= 11 is 0. The molecule has 0 saturated heterocycles. The summed E-state index contributed by atoms with van der Waals surface area (Å²) in [5.74, 6) is -3.26. The van der Waals surface area contributed by atoms with Crippen LogP contribution in [0.15, 0.2) is 47.4 Å². The molecule has 2 aromatic rings. The molecule has 2 heterocycles. The van der Waals surface area contributed by atoms with Crippen LogP contribution in [0.5, 0.6) is 0 Å². The number of hydrogen-bond acceptors (Lipinski definition) is 5. The number of halogens is 3. The van der Waals surface area contributed by atoms with Gasteiger partial charge < -0.3 is 10.4 Å². The highest BCUT2D eigenvalue weighted by atomic mass is 19.1. The Morgan fingerprint density at radius 3 is 2.80 bits per heavy atom. The average molecular weight is 351 g/mol. The molecule has 2 N–H and O–H groups in total. The lowest BCUT2D eigenvalue weighted by Gasteiger charge is -2.36. The molecule has 0 bridgehead atoms. The van der Waals surface area contributed by atoms with Crippen LogP contribution in [0.3, 0.4) is 0 Å². The quantitative estimate of drug-likeness (QED) is 0.863. The summed E-state index contributed by atoms with van der Waals surface area (Å²) in [6.07, 6.45) is 3.65. The molecule has 1 aromatic carbocycles. The number of hydrogen-bond donors (Lipinski definition) is 2. The van der Waals surface area contributed by atoms with E-state index in [0.29, 0.717) is 6.07 Å². The SMILES string of the molecule is C[C@@H](C1=C(F)C=NCN1)[C@](O)(Cn1cncn1)c1ccc(F)cc1F. The Kier molecular flexibility index (Phi) is 4.58. The Morgan fingerprint density at radius 1 is 1.36 bits per heavy atom. The molecule has 0 amide bonds. The second-order valence-corrected chi connectivity index (χ2v) is 5.77. The lowest BCUT2D eigenvalue weighted by Crippen LogP contribution is -2.43. The van der Waals surface area contributed by atoms with E-state index in [1.165, 1.54) is 17.3 Å². The molecule has 0 unspecified atom stereocenters. The second-order valence-electron chi connectivity index (χ2n) is 5.77. The predicted octanol–water partition coefficient (Wildman–Crippen LogP) is 1.89. The predicted molar refractivity (Wildman–Crippen MR) is 84.1 cm³/mol. The van der Waals surface area contributed by atoms with E-state index < -0.39 is 29.0 Å². The standard InChI is InChI=1S/C16H16F3N5O/c1-10(15-14(19)5-20-7-22-15)16(25,6-24-9-21-8-23-24)12-3-2-11(17)4-13(12)18/h2-5,8-10,22,25H,6-7H2,1H3/t10-,16+/m0/s1. The third kappa shape index (κ3) is 3.27. The zero-order chi connectivity index (χ0) is 18.0. The molecule has 3 rings (SSSR count). The van der Waals surface area contributed by atoms with Gasteiger partial charge in [0.25, 0.3) is 0 Å². The lowest BCUT2D eigenvalue weighted by atomic mass is 9.79. The first-order valence-corrected chi connectivity index (χ1v) is 7.55. The Hall–Kier alpha value is -2.68.